The summed E-state index contributed by atoms with van der Waals surface area (Å²) in [5.74, 6) is 0.688. The van der Waals surface area contributed by atoms with Gasteiger partial charge in [-0.25, -0.2) is 4.79 Å². The zero-order chi connectivity index (χ0) is 12.8. The fourth-order valence-electron chi connectivity index (χ4n) is 2.61. The van der Waals surface area contributed by atoms with E-state index in [4.69, 9.17) is 9.52 Å². The van der Waals surface area contributed by atoms with Crippen molar-refractivity contribution in [3.05, 3.63) is 23.7 Å². The Morgan fingerprint density at radius 1 is 1.44 bits per heavy atom. The average Bonchev–Trinajstić information content (AvgIpc) is 2.98. The molecule has 2 N–H and O–H groups in total. The number of furan rings is 1. The number of rotatable bonds is 7. The van der Waals surface area contributed by atoms with Crippen LogP contribution in [0.15, 0.2) is 16.7 Å². The molecular weight excluding hydrogens is 230 g/mol. The molecule has 1 aromatic heterocycles. The molecule has 2 rings (SSSR count). The van der Waals surface area contributed by atoms with Crippen molar-refractivity contribution in [2.75, 3.05) is 6.54 Å². The van der Waals surface area contributed by atoms with Crippen LogP contribution in [0.25, 0.3) is 0 Å². The van der Waals surface area contributed by atoms with Gasteiger partial charge in [0.15, 0.2) is 0 Å². The minimum atomic E-state index is -0.939. The third-order valence-electron chi connectivity index (χ3n) is 3.64. The van der Waals surface area contributed by atoms with Gasteiger partial charge >= 0.3 is 5.97 Å². The van der Waals surface area contributed by atoms with E-state index < -0.39 is 5.97 Å². The molecule has 4 nitrogen and oxygen atoms in total. The van der Waals surface area contributed by atoms with Gasteiger partial charge in [-0.1, -0.05) is 25.7 Å². The number of aromatic carboxylic acids is 1. The van der Waals surface area contributed by atoms with Crippen LogP contribution in [-0.2, 0) is 6.54 Å². The molecular formula is C14H21NO3. The Bertz CT molecular complexity index is 380. The molecule has 1 aliphatic rings. The highest BCUT2D eigenvalue weighted by Crippen LogP contribution is 2.28. The average molecular weight is 251 g/mol. The van der Waals surface area contributed by atoms with E-state index in [0.717, 1.165) is 12.5 Å². The molecule has 1 heterocycles. The van der Waals surface area contributed by atoms with Gasteiger partial charge in [-0.05, 0) is 31.4 Å². The summed E-state index contributed by atoms with van der Waals surface area (Å²) in [7, 11) is 0. The van der Waals surface area contributed by atoms with Crippen LogP contribution in [0.2, 0.25) is 0 Å². The predicted octanol–water partition coefficient (Wildman–Crippen LogP) is 3.04. The van der Waals surface area contributed by atoms with Crippen LogP contribution in [0.3, 0.4) is 0 Å². The summed E-state index contributed by atoms with van der Waals surface area (Å²) in [5.41, 5.74) is 0.220. The standard InChI is InChI=1S/C14H21NO3/c16-14(17)12-8-13(18-10-12)9-15-7-3-6-11-4-1-2-5-11/h8,10-11,15H,1-7,9H2,(H,16,17). The van der Waals surface area contributed by atoms with Gasteiger partial charge in [0.05, 0.1) is 12.1 Å². The third-order valence-corrected chi connectivity index (χ3v) is 3.64. The van der Waals surface area contributed by atoms with Crippen molar-refractivity contribution in [1.29, 1.82) is 0 Å². The first kappa shape index (κ1) is 13.1. The highest BCUT2D eigenvalue weighted by atomic mass is 16.4. The molecule has 0 unspecified atom stereocenters. The molecule has 1 aliphatic carbocycles. The van der Waals surface area contributed by atoms with Crippen molar-refractivity contribution >= 4 is 5.97 Å². The van der Waals surface area contributed by atoms with Crippen molar-refractivity contribution in [2.24, 2.45) is 5.92 Å². The normalized spacial score (nSPS) is 16.2. The molecule has 1 aromatic rings. The fourth-order valence-corrected chi connectivity index (χ4v) is 2.61. The fraction of sp³-hybridized carbons (Fsp3) is 0.643. The van der Waals surface area contributed by atoms with Gasteiger partial charge in [0, 0.05) is 0 Å². The van der Waals surface area contributed by atoms with E-state index in [1.807, 2.05) is 0 Å². The zero-order valence-corrected chi connectivity index (χ0v) is 10.7. The molecule has 1 saturated carbocycles. The first-order valence-corrected chi connectivity index (χ1v) is 6.77. The summed E-state index contributed by atoms with van der Waals surface area (Å²) >= 11 is 0. The summed E-state index contributed by atoms with van der Waals surface area (Å²) in [5, 5.41) is 12.0. The van der Waals surface area contributed by atoms with Crippen LogP contribution in [0.5, 0.6) is 0 Å². The van der Waals surface area contributed by atoms with E-state index in [1.165, 1.54) is 44.8 Å². The number of carbonyl (C=O) groups is 1. The van der Waals surface area contributed by atoms with E-state index in [0.29, 0.717) is 12.3 Å². The lowest BCUT2D eigenvalue weighted by atomic mass is 10.0. The van der Waals surface area contributed by atoms with Gasteiger partial charge in [0.25, 0.3) is 0 Å². The third kappa shape index (κ3) is 3.88. The number of nitrogens with one attached hydrogen (secondary N) is 1. The number of carboxylic acid groups (broad SMARTS) is 1. The Morgan fingerprint density at radius 3 is 2.89 bits per heavy atom. The van der Waals surface area contributed by atoms with Gasteiger partial charge in [-0.2, -0.15) is 0 Å². The van der Waals surface area contributed by atoms with Crippen LogP contribution in [0.4, 0.5) is 0 Å². The maximum Gasteiger partial charge on any atom is 0.338 e. The highest BCUT2D eigenvalue weighted by molar-refractivity contribution is 5.87. The quantitative estimate of drug-likeness (QED) is 0.731. The Morgan fingerprint density at radius 2 is 2.22 bits per heavy atom. The van der Waals surface area contributed by atoms with Crippen molar-refractivity contribution in [2.45, 2.75) is 45.1 Å². The molecule has 0 aliphatic heterocycles. The summed E-state index contributed by atoms with van der Waals surface area (Å²) in [6.07, 6.45) is 9.41. The van der Waals surface area contributed by atoms with Crippen LogP contribution in [0.1, 0.15) is 54.6 Å². The van der Waals surface area contributed by atoms with Crippen molar-refractivity contribution in [3.63, 3.8) is 0 Å². The summed E-state index contributed by atoms with van der Waals surface area (Å²) in [6, 6.07) is 1.58. The molecule has 18 heavy (non-hydrogen) atoms. The number of hydrogen-bond donors (Lipinski definition) is 2. The number of carboxylic acids is 1. The molecule has 0 saturated heterocycles. The first-order valence-electron chi connectivity index (χ1n) is 6.77. The molecule has 100 valence electrons. The minimum absolute atomic E-state index is 0.220. The molecule has 1 fully saturated rings. The van der Waals surface area contributed by atoms with E-state index in [2.05, 4.69) is 5.32 Å². The van der Waals surface area contributed by atoms with E-state index in [9.17, 15) is 4.79 Å². The lowest BCUT2D eigenvalue weighted by molar-refractivity contribution is 0.0696. The molecule has 0 atom stereocenters. The van der Waals surface area contributed by atoms with Crippen LogP contribution in [0, 0.1) is 5.92 Å². The van der Waals surface area contributed by atoms with Crippen LogP contribution < -0.4 is 5.32 Å². The molecule has 0 aromatic carbocycles. The predicted molar refractivity (Wildman–Crippen MR) is 68.6 cm³/mol. The largest absolute Gasteiger partial charge is 0.478 e. The second kappa shape index (κ2) is 6.59. The second-order valence-electron chi connectivity index (χ2n) is 5.08. The second-order valence-corrected chi connectivity index (χ2v) is 5.08. The Hall–Kier alpha value is -1.29. The summed E-state index contributed by atoms with van der Waals surface area (Å²) in [4.78, 5) is 10.7. The maximum absolute atomic E-state index is 10.7. The van der Waals surface area contributed by atoms with Gasteiger partial charge in [-0.15, -0.1) is 0 Å². The highest BCUT2D eigenvalue weighted by Gasteiger charge is 2.14. The van der Waals surface area contributed by atoms with Gasteiger partial charge < -0.3 is 14.8 Å². The maximum atomic E-state index is 10.7. The van der Waals surface area contributed by atoms with E-state index >= 15 is 0 Å². The monoisotopic (exact) mass is 251 g/mol. The molecule has 0 bridgehead atoms. The molecule has 4 heteroatoms. The van der Waals surface area contributed by atoms with Gasteiger partial charge in [-0.3, -0.25) is 0 Å². The zero-order valence-electron chi connectivity index (χ0n) is 10.7. The molecule has 0 radical (unpaired) electrons. The van der Waals surface area contributed by atoms with Crippen LogP contribution >= 0.6 is 0 Å². The molecule has 0 amide bonds. The first-order chi connectivity index (χ1) is 8.75. The lowest BCUT2D eigenvalue weighted by Crippen LogP contribution is -2.15. The van der Waals surface area contributed by atoms with Crippen molar-refractivity contribution in [1.82, 2.24) is 5.32 Å². The lowest BCUT2D eigenvalue weighted by Gasteiger charge is -2.08. The topological polar surface area (TPSA) is 62.5 Å². The Balaban J connectivity index is 1.58. The van der Waals surface area contributed by atoms with Gasteiger partial charge in [0.1, 0.15) is 12.0 Å². The smallest absolute Gasteiger partial charge is 0.338 e. The van der Waals surface area contributed by atoms with E-state index in [1.54, 1.807) is 6.07 Å². The van der Waals surface area contributed by atoms with E-state index in [-0.39, 0.29) is 5.56 Å². The molecule has 0 spiro atoms. The van der Waals surface area contributed by atoms with Gasteiger partial charge in [0.2, 0.25) is 0 Å². The minimum Gasteiger partial charge on any atom is -0.478 e. The summed E-state index contributed by atoms with van der Waals surface area (Å²) in [6.45, 7) is 1.58. The van der Waals surface area contributed by atoms with Crippen molar-refractivity contribution < 1.29 is 14.3 Å². The number of hydrogen-bond acceptors (Lipinski definition) is 3. The van der Waals surface area contributed by atoms with Crippen molar-refractivity contribution in [3.8, 4) is 0 Å². The Labute approximate surface area is 107 Å². The Kier molecular flexibility index (Phi) is 4.81. The SMILES string of the molecule is O=C(O)c1coc(CNCCCC2CCCC2)c1. The summed E-state index contributed by atoms with van der Waals surface area (Å²) < 4.78 is 5.16. The van der Waals surface area contributed by atoms with Crippen LogP contribution in [-0.4, -0.2) is 17.6 Å².